The van der Waals surface area contributed by atoms with E-state index in [4.69, 9.17) is 0 Å². The highest BCUT2D eigenvalue weighted by molar-refractivity contribution is 7.00. The number of amides is 1. The molecule has 0 saturated heterocycles. The Kier molecular flexibility index (Phi) is 4.45. The molecule has 0 radical (unpaired) electrons. The van der Waals surface area contributed by atoms with Gasteiger partial charge in [-0.05, 0) is 23.3 Å². The van der Waals surface area contributed by atoms with E-state index in [1.165, 1.54) is 11.7 Å². The topological polar surface area (TPSA) is 63.9 Å². The molecule has 7 heteroatoms. The molecule has 0 aliphatic rings. The fourth-order valence-electron chi connectivity index (χ4n) is 2.82. The smallest absolute Gasteiger partial charge is 0.257 e. The molecular weight excluding hydrogens is 346 g/mol. The summed E-state index contributed by atoms with van der Waals surface area (Å²) in [6.45, 7) is 1.15. The number of nitrogens with zero attached hydrogens (tertiary/aromatic N) is 5. The van der Waals surface area contributed by atoms with E-state index < -0.39 is 0 Å². The molecule has 0 bridgehead atoms. The van der Waals surface area contributed by atoms with Crippen LogP contribution < -0.4 is 0 Å². The van der Waals surface area contributed by atoms with Crippen molar-refractivity contribution in [2.75, 3.05) is 7.05 Å². The van der Waals surface area contributed by atoms with Gasteiger partial charge in [-0.2, -0.15) is 13.8 Å². The lowest BCUT2D eigenvalue weighted by Gasteiger charge is -2.16. The van der Waals surface area contributed by atoms with Crippen molar-refractivity contribution in [2.24, 2.45) is 0 Å². The number of carbonyl (C=O) groups excluding carboxylic acids is 1. The lowest BCUT2D eigenvalue weighted by atomic mass is 10.2. The second-order valence-electron chi connectivity index (χ2n) is 6.16. The summed E-state index contributed by atoms with van der Waals surface area (Å²) in [7, 11) is 1.79. The molecule has 0 atom stereocenters. The van der Waals surface area contributed by atoms with Crippen molar-refractivity contribution in [2.45, 2.75) is 13.1 Å². The lowest BCUT2D eigenvalue weighted by molar-refractivity contribution is 0.0785. The van der Waals surface area contributed by atoms with Gasteiger partial charge in [0.15, 0.2) is 0 Å². The number of hydrogen-bond acceptors (Lipinski definition) is 5. The molecule has 2 aromatic carbocycles. The summed E-state index contributed by atoms with van der Waals surface area (Å²) in [5, 5.41) is 4.31. The molecule has 0 N–H and O–H groups in total. The Morgan fingerprint density at radius 2 is 1.88 bits per heavy atom. The first-order valence-electron chi connectivity index (χ1n) is 8.22. The monoisotopic (exact) mass is 363 g/mol. The van der Waals surface area contributed by atoms with Gasteiger partial charge in [0.05, 0.1) is 30.0 Å². The van der Waals surface area contributed by atoms with Gasteiger partial charge in [-0.25, -0.2) is 0 Å². The van der Waals surface area contributed by atoms with E-state index in [9.17, 15) is 4.79 Å². The molecule has 0 aliphatic carbocycles. The Morgan fingerprint density at radius 1 is 1.08 bits per heavy atom. The maximum absolute atomic E-state index is 12.7. The van der Waals surface area contributed by atoms with E-state index in [0.29, 0.717) is 18.7 Å². The zero-order chi connectivity index (χ0) is 17.9. The maximum Gasteiger partial charge on any atom is 0.257 e. The van der Waals surface area contributed by atoms with Crippen molar-refractivity contribution in [3.8, 4) is 0 Å². The average Bonchev–Trinajstić information content (AvgIpc) is 3.31. The fraction of sp³-hybridized carbons (Fsp3) is 0.158. The average molecular weight is 363 g/mol. The Hall–Kier alpha value is -3.06. The normalized spacial score (nSPS) is 11.0. The van der Waals surface area contributed by atoms with Gasteiger partial charge in [0.25, 0.3) is 5.91 Å². The van der Waals surface area contributed by atoms with Crippen LogP contribution in [0.5, 0.6) is 0 Å². The first-order valence-corrected chi connectivity index (χ1v) is 8.95. The number of hydrogen-bond donors (Lipinski definition) is 0. The van der Waals surface area contributed by atoms with Gasteiger partial charge < -0.3 is 4.90 Å². The number of fused-ring (bicyclic) bond motifs is 1. The Labute approximate surface area is 155 Å². The van der Waals surface area contributed by atoms with Gasteiger partial charge in [-0.1, -0.05) is 36.4 Å². The fourth-order valence-corrected chi connectivity index (χ4v) is 3.34. The van der Waals surface area contributed by atoms with Crippen molar-refractivity contribution in [1.82, 2.24) is 23.4 Å². The van der Waals surface area contributed by atoms with Crippen molar-refractivity contribution < 1.29 is 4.79 Å². The minimum Gasteiger partial charge on any atom is -0.337 e. The number of rotatable bonds is 5. The Bertz CT molecular complexity index is 1040. The van der Waals surface area contributed by atoms with Crippen molar-refractivity contribution in [3.05, 3.63) is 77.6 Å². The maximum atomic E-state index is 12.7. The highest BCUT2D eigenvalue weighted by atomic mass is 32.1. The molecule has 0 fully saturated rings. The van der Waals surface area contributed by atoms with E-state index >= 15 is 0 Å². The predicted octanol–water partition coefficient (Wildman–Crippen LogP) is 3.21. The van der Waals surface area contributed by atoms with Crippen LogP contribution in [0.15, 0.2) is 60.9 Å². The summed E-state index contributed by atoms with van der Waals surface area (Å²) in [5.74, 6) is -0.0548. The Balaban J connectivity index is 1.44. The first-order chi connectivity index (χ1) is 12.7. The van der Waals surface area contributed by atoms with Crippen molar-refractivity contribution >= 4 is 28.7 Å². The Morgan fingerprint density at radius 3 is 2.73 bits per heavy atom. The van der Waals surface area contributed by atoms with Crippen molar-refractivity contribution in [3.63, 3.8) is 0 Å². The second kappa shape index (κ2) is 7.05. The van der Waals surface area contributed by atoms with Crippen LogP contribution in [0.2, 0.25) is 0 Å². The molecule has 6 nitrogen and oxygen atoms in total. The van der Waals surface area contributed by atoms with Gasteiger partial charge in [0.2, 0.25) is 0 Å². The second-order valence-corrected chi connectivity index (χ2v) is 6.69. The van der Waals surface area contributed by atoms with E-state index in [-0.39, 0.29) is 5.91 Å². The molecule has 0 aliphatic heterocycles. The SMILES string of the molecule is CN(Cc1ccc2nsnc2c1)C(=O)c1cnn(Cc2ccccc2)c1. The van der Waals surface area contributed by atoms with Gasteiger partial charge in [-0.15, -0.1) is 0 Å². The molecule has 0 saturated carbocycles. The third-order valence-corrected chi connectivity index (χ3v) is 4.71. The van der Waals surface area contributed by atoms with Crippen LogP contribution >= 0.6 is 11.7 Å². The first kappa shape index (κ1) is 16.4. The summed E-state index contributed by atoms with van der Waals surface area (Å²) in [6, 6.07) is 15.9. The van der Waals surface area contributed by atoms with Crippen LogP contribution in [-0.2, 0) is 13.1 Å². The zero-order valence-corrected chi connectivity index (χ0v) is 15.1. The van der Waals surface area contributed by atoms with E-state index in [2.05, 4.69) is 13.8 Å². The lowest BCUT2D eigenvalue weighted by Crippen LogP contribution is -2.25. The van der Waals surface area contributed by atoms with Gasteiger partial charge in [0.1, 0.15) is 11.0 Å². The third-order valence-electron chi connectivity index (χ3n) is 4.15. The molecule has 0 spiro atoms. The summed E-state index contributed by atoms with van der Waals surface area (Å²) >= 11 is 1.20. The van der Waals surface area contributed by atoms with Gasteiger partial charge in [-0.3, -0.25) is 9.48 Å². The number of benzene rings is 2. The van der Waals surface area contributed by atoms with E-state index in [1.807, 2.05) is 48.5 Å². The third kappa shape index (κ3) is 3.48. The molecule has 130 valence electrons. The molecule has 0 unspecified atom stereocenters. The van der Waals surface area contributed by atoms with E-state index in [0.717, 1.165) is 22.2 Å². The molecule has 4 aromatic rings. The van der Waals surface area contributed by atoms with Crippen LogP contribution in [-0.4, -0.2) is 36.4 Å². The van der Waals surface area contributed by atoms with Crippen LogP contribution in [0.4, 0.5) is 0 Å². The minimum absolute atomic E-state index is 0.0548. The van der Waals surface area contributed by atoms with Crippen molar-refractivity contribution in [1.29, 1.82) is 0 Å². The molecule has 1 amide bonds. The number of aromatic nitrogens is 4. The summed E-state index contributed by atoms with van der Waals surface area (Å²) in [6.07, 6.45) is 3.41. The van der Waals surface area contributed by atoms with Crippen LogP contribution in [0, 0.1) is 0 Å². The number of carbonyl (C=O) groups is 1. The highest BCUT2D eigenvalue weighted by Gasteiger charge is 2.15. The van der Waals surface area contributed by atoms with Crippen LogP contribution in [0.3, 0.4) is 0 Å². The summed E-state index contributed by atoms with van der Waals surface area (Å²) in [5.41, 5.74) is 4.50. The quantitative estimate of drug-likeness (QED) is 0.546. The highest BCUT2D eigenvalue weighted by Crippen LogP contribution is 2.15. The van der Waals surface area contributed by atoms with E-state index in [1.54, 1.807) is 29.0 Å². The largest absolute Gasteiger partial charge is 0.337 e. The minimum atomic E-state index is -0.0548. The van der Waals surface area contributed by atoms with Crippen LogP contribution in [0.1, 0.15) is 21.5 Å². The molecule has 4 rings (SSSR count). The molecule has 2 aromatic heterocycles. The standard InChI is InChI=1S/C19H17N5OS/c1-23(11-15-7-8-17-18(9-15)22-26-21-17)19(25)16-10-20-24(13-16)12-14-5-3-2-4-6-14/h2-10,13H,11-12H2,1H3. The van der Waals surface area contributed by atoms with Gasteiger partial charge in [0, 0.05) is 19.8 Å². The molecule has 26 heavy (non-hydrogen) atoms. The summed E-state index contributed by atoms with van der Waals surface area (Å²) in [4.78, 5) is 14.4. The zero-order valence-electron chi connectivity index (χ0n) is 14.2. The van der Waals surface area contributed by atoms with Gasteiger partial charge >= 0.3 is 0 Å². The molecule has 2 heterocycles. The van der Waals surface area contributed by atoms with Crippen LogP contribution in [0.25, 0.3) is 11.0 Å². The predicted molar refractivity (Wildman–Crippen MR) is 101 cm³/mol. The summed E-state index contributed by atoms with van der Waals surface area (Å²) < 4.78 is 10.2. The molecular formula is C19H17N5OS.